The number of hydrogen-bond donors (Lipinski definition) is 0. The zero-order valence-corrected chi connectivity index (χ0v) is 15.4. The smallest absolute Gasteiger partial charge is 0.235 e. The third kappa shape index (κ3) is 2.70. The van der Waals surface area contributed by atoms with E-state index in [1.807, 2.05) is 0 Å². The maximum absolute atomic E-state index is 12.7. The first kappa shape index (κ1) is 16.9. The summed E-state index contributed by atoms with van der Waals surface area (Å²) in [7, 11) is -2.44. The monoisotopic (exact) mass is 385 g/mol. The number of rotatable bonds is 3. The first-order chi connectivity index (χ1) is 11.2. The Bertz CT molecular complexity index is 1030. The molecular weight excluding hydrogens is 373 g/mol. The zero-order valence-electron chi connectivity index (χ0n) is 13.0. The lowest BCUT2D eigenvalue weighted by Gasteiger charge is -2.15. The SMILES string of the molecule is Cc1nc2nc(N(C)S(=O)(=O)c3ccc(Cl)cc3)nn2c(C)c1Cl. The van der Waals surface area contributed by atoms with E-state index in [4.69, 9.17) is 23.2 Å². The van der Waals surface area contributed by atoms with Crippen molar-refractivity contribution >= 4 is 45.0 Å². The lowest BCUT2D eigenvalue weighted by Crippen LogP contribution is -2.27. The minimum atomic E-state index is -3.81. The summed E-state index contributed by atoms with van der Waals surface area (Å²) in [5.74, 6) is 0.282. The summed E-state index contributed by atoms with van der Waals surface area (Å²) < 4.78 is 27.8. The lowest BCUT2D eigenvalue weighted by atomic mass is 10.3. The Morgan fingerprint density at radius 3 is 2.33 bits per heavy atom. The van der Waals surface area contributed by atoms with E-state index in [-0.39, 0.29) is 16.6 Å². The van der Waals surface area contributed by atoms with Crippen LogP contribution in [-0.4, -0.2) is 35.0 Å². The van der Waals surface area contributed by atoms with E-state index in [0.717, 1.165) is 4.31 Å². The molecule has 7 nitrogen and oxygen atoms in total. The van der Waals surface area contributed by atoms with Crippen LogP contribution in [-0.2, 0) is 10.0 Å². The number of anilines is 1. The first-order valence-corrected chi connectivity index (χ1v) is 9.05. The van der Waals surface area contributed by atoms with Crippen molar-refractivity contribution < 1.29 is 8.42 Å². The molecule has 0 aliphatic rings. The second-order valence-corrected chi connectivity index (χ2v) is 7.93. The van der Waals surface area contributed by atoms with Crippen LogP contribution >= 0.6 is 23.2 Å². The van der Waals surface area contributed by atoms with Gasteiger partial charge in [0.2, 0.25) is 0 Å². The van der Waals surface area contributed by atoms with E-state index in [1.165, 1.54) is 35.8 Å². The van der Waals surface area contributed by atoms with Crippen LogP contribution in [0.15, 0.2) is 29.2 Å². The number of benzene rings is 1. The van der Waals surface area contributed by atoms with Gasteiger partial charge >= 0.3 is 0 Å². The standard InChI is InChI=1S/C14H13Cl2N5O2S/c1-8-12(16)9(2)21-13(17-8)18-14(19-21)20(3)24(22,23)11-6-4-10(15)5-7-11/h4-7H,1-3H3. The molecule has 0 atom stereocenters. The van der Waals surface area contributed by atoms with Crippen molar-refractivity contribution in [1.82, 2.24) is 19.6 Å². The van der Waals surface area contributed by atoms with Gasteiger partial charge in [0, 0.05) is 12.1 Å². The Hall–Kier alpha value is -1.90. The highest BCUT2D eigenvalue weighted by atomic mass is 35.5. The summed E-state index contributed by atoms with van der Waals surface area (Å²) in [4.78, 5) is 8.50. The van der Waals surface area contributed by atoms with Gasteiger partial charge in [-0.15, -0.1) is 5.10 Å². The molecule has 0 unspecified atom stereocenters. The normalized spacial score (nSPS) is 11.9. The third-order valence-corrected chi connectivity index (χ3v) is 6.10. The highest BCUT2D eigenvalue weighted by Crippen LogP contribution is 2.23. The van der Waals surface area contributed by atoms with Crippen LogP contribution in [0, 0.1) is 13.8 Å². The average Bonchev–Trinajstić information content (AvgIpc) is 2.96. The number of hydrogen-bond acceptors (Lipinski definition) is 5. The van der Waals surface area contributed by atoms with Gasteiger partial charge in [0.05, 0.1) is 21.3 Å². The Morgan fingerprint density at radius 2 is 1.71 bits per heavy atom. The predicted octanol–water partition coefficient (Wildman–Crippen LogP) is 2.87. The van der Waals surface area contributed by atoms with E-state index < -0.39 is 10.0 Å². The van der Waals surface area contributed by atoms with E-state index in [0.29, 0.717) is 21.4 Å². The van der Waals surface area contributed by atoms with Crippen LogP contribution in [0.25, 0.3) is 5.78 Å². The quantitative estimate of drug-likeness (QED) is 0.692. The van der Waals surface area contributed by atoms with E-state index in [2.05, 4.69) is 15.1 Å². The topological polar surface area (TPSA) is 80.5 Å². The summed E-state index contributed by atoms with van der Waals surface area (Å²) in [6.07, 6.45) is 0. The van der Waals surface area contributed by atoms with Gasteiger partial charge in [0.1, 0.15) is 0 Å². The molecule has 126 valence electrons. The molecule has 3 rings (SSSR count). The Morgan fingerprint density at radius 1 is 1.08 bits per heavy atom. The molecule has 0 fully saturated rings. The van der Waals surface area contributed by atoms with Gasteiger partial charge in [-0.3, -0.25) is 0 Å². The maximum Gasteiger partial charge on any atom is 0.266 e. The van der Waals surface area contributed by atoms with Crippen LogP contribution in [0.2, 0.25) is 10.0 Å². The summed E-state index contributed by atoms with van der Waals surface area (Å²) in [5.41, 5.74) is 1.24. The van der Waals surface area contributed by atoms with Gasteiger partial charge in [-0.25, -0.2) is 17.7 Å². The molecule has 3 aromatic rings. The number of aromatic nitrogens is 4. The van der Waals surface area contributed by atoms with Crippen LogP contribution in [0.5, 0.6) is 0 Å². The molecule has 2 heterocycles. The average molecular weight is 386 g/mol. The van der Waals surface area contributed by atoms with E-state index in [9.17, 15) is 8.42 Å². The highest BCUT2D eigenvalue weighted by Gasteiger charge is 2.25. The second-order valence-electron chi connectivity index (χ2n) is 5.15. The van der Waals surface area contributed by atoms with Crippen molar-refractivity contribution in [3.8, 4) is 0 Å². The fraction of sp³-hybridized carbons (Fsp3) is 0.214. The molecule has 0 radical (unpaired) electrons. The number of nitrogens with zero attached hydrogens (tertiary/aromatic N) is 5. The van der Waals surface area contributed by atoms with E-state index in [1.54, 1.807) is 13.8 Å². The first-order valence-electron chi connectivity index (χ1n) is 6.86. The van der Waals surface area contributed by atoms with Gasteiger partial charge in [-0.2, -0.15) is 9.50 Å². The molecular formula is C14H13Cl2N5O2S. The number of aryl methyl sites for hydroxylation is 2. The van der Waals surface area contributed by atoms with Crippen LogP contribution in [0.1, 0.15) is 11.4 Å². The lowest BCUT2D eigenvalue weighted by molar-refractivity contribution is 0.593. The Kier molecular flexibility index (Phi) is 4.15. The summed E-state index contributed by atoms with van der Waals surface area (Å²) in [5, 5.41) is 5.11. The zero-order chi connectivity index (χ0) is 17.6. The molecule has 0 spiro atoms. The molecule has 24 heavy (non-hydrogen) atoms. The fourth-order valence-electron chi connectivity index (χ4n) is 2.15. The van der Waals surface area contributed by atoms with Gasteiger partial charge < -0.3 is 0 Å². The third-order valence-electron chi connectivity index (χ3n) is 3.55. The molecule has 10 heteroatoms. The molecule has 2 aromatic heterocycles. The van der Waals surface area contributed by atoms with Crippen molar-refractivity contribution in [3.63, 3.8) is 0 Å². The second kappa shape index (κ2) is 5.87. The maximum atomic E-state index is 12.7. The van der Waals surface area contributed by atoms with Crippen molar-refractivity contribution in [2.24, 2.45) is 0 Å². The molecule has 0 aliphatic heterocycles. The van der Waals surface area contributed by atoms with Crippen molar-refractivity contribution in [3.05, 3.63) is 45.7 Å². The summed E-state index contributed by atoms with van der Waals surface area (Å²) in [6.45, 7) is 3.51. The minimum Gasteiger partial charge on any atom is -0.235 e. The Labute approximate surface area is 148 Å². The van der Waals surface area contributed by atoms with Gasteiger partial charge in [0.25, 0.3) is 21.7 Å². The summed E-state index contributed by atoms with van der Waals surface area (Å²) >= 11 is 12.0. The molecule has 0 bridgehead atoms. The predicted molar refractivity (Wildman–Crippen MR) is 92.3 cm³/mol. The summed E-state index contributed by atoms with van der Waals surface area (Å²) in [6, 6.07) is 5.87. The molecule has 0 amide bonds. The van der Waals surface area contributed by atoms with Gasteiger partial charge in [-0.1, -0.05) is 23.2 Å². The minimum absolute atomic E-state index is 0.00205. The van der Waals surface area contributed by atoms with Crippen molar-refractivity contribution in [2.45, 2.75) is 18.7 Å². The molecule has 0 saturated carbocycles. The number of sulfonamides is 1. The number of halogens is 2. The molecule has 1 aromatic carbocycles. The fourth-order valence-corrected chi connectivity index (χ4v) is 3.49. The van der Waals surface area contributed by atoms with Crippen LogP contribution in [0.4, 0.5) is 5.95 Å². The molecule has 0 saturated heterocycles. The number of fused-ring (bicyclic) bond motifs is 1. The van der Waals surface area contributed by atoms with Gasteiger partial charge in [-0.05, 0) is 38.1 Å². The molecule has 0 aliphatic carbocycles. The van der Waals surface area contributed by atoms with Gasteiger partial charge in [0.15, 0.2) is 0 Å². The Balaban J connectivity index is 2.09. The highest BCUT2D eigenvalue weighted by molar-refractivity contribution is 7.92. The van der Waals surface area contributed by atoms with Crippen molar-refractivity contribution in [2.75, 3.05) is 11.4 Å². The van der Waals surface area contributed by atoms with Crippen LogP contribution in [0.3, 0.4) is 0 Å². The van der Waals surface area contributed by atoms with Crippen molar-refractivity contribution in [1.29, 1.82) is 0 Å². The molecule has 0 N–H and O–H groups in total. The van der Waals surface area contributed by atoms with E-state index >= 15 is 0 Å². The van der Waals surface area contributed by atoms with Crippen LogP contribution < -0.4 is 4.31 Å². The largest absolute Gasteiger partial charge is 0.266 e.